The number of carbonyl (C=O) groups is 1. The highest BCUT2D eigenvalue weighted by molar-refractivity contribution is 9.10. The van der Waals surface area contributed by atoms with Crippen molar-refractivity contribution in [2.24, 2.45) is 5.73 Å². The van der Waals surface area contributed by atoms with E-state index in [4.69, 9.17) is 15.6 Å². The zero-order valence-corrected chi connectivity index (χ0v) is 12.2. The SMILES string of the molecule is COc1ccc(Br)cc1-c1ccnc(C(N)C(=O)O)n1. The van der Waals surface area contributed by atoms with Crippen molar-refractivity contribution in [3.63, 3.8) is 0 Å². The fraction of sp³-hybridized carbons (Fsp3) is 0.154. The van der Waals surface area contributed by atoms with Crippen molar-refractivity contribution >= 4 is 21.9 Å². The Morgan fingerprint density at radius 1 is 1.45 bits per heavy atom. The van der Waals surface area contributed by atoms with E-state index in [1.54, 1.807) is 19.2 Å². The van der Waals surface area contributed by atoms with Crippen LogP contribution in [0.2, 0.25) is 0 Å². The zero-order chi connectivity index (χ0) is 14.7. The van der Waals surface area contributed by atoms with Crippen LogP contribution in [-0.4, -0.2) is 28.2 Å². The molecular weight excluding hydrogens is 326 g/mol. The monoisotopic (exact) mass is 337 g/mol. The third kappa shape index (κ3) is 2.94. The second-order valence-corrected chi connectivity index (χ2v) is 4.88. The number of carboxylic acids is 1. The minimum absolute atomic E-state index is 0.0528. The predicted molar refractivity (Wildman–Crippen MR) is 76.3 cm³/mol. The maximum absolute atomic E-state index is 10.9. The van der Waals surface area contributed by atoms with Gasteiger partial charge in [0, 0.05) is 16.2 Å². The number of nitrogens with two attached hydrogens (primary N) is 1. The number of ether oxygens (including phenoxy) is 1. The van der Waals surface area contributed by atoms with Gasteiger partial charge in [-0.15, -0.1) is 0 Å². The van der Waals surface area contributed by atoms with E-state index >= 15 is 0 Å². The Bertz CT molecular complexity index is 649. The van der Waals surface area contributed by atoms with Gasteiger partial charge < -0.3 is 15.6 Å². The van der Waals surface area contributed by atoms with Crippen LogP contribution in [0, 0.1) is 0 Å². The summed E-state index contributed by atoms with van der Waals surface area (Å²) in [6, 6.07) is 5.87. The molecule has 1 atom stereocenters. The van der Waals surface area contributed by atoms with Gasteiger partial charge in [-0.05, 0) is 24.3 Å². The average molecular weight is 338 g/mol. The third-order valence-corrected chi connectivity index (χ3v) is 3.15. The van der Waals surface area contributed by atoms with E-state index in [2.05, 4.69) is 25.9 Å². The van der Waals surface area contributed by atoms with E-state index in [1.807, 2.05) is 12.1 Å². The summed E-state index contributed by atoms with van der Waals surface area (Å²) in [4.78, 5) is 19.0. The van der Waals surface area contributed by atoms with Gasteiger partial charge in [0.1, 0.15) is 5.75 Å². The molecule has 7 heteroatoms. The number of methoxy groups -OCH3 is 1. The Balaban J connectivity index is 2.51. The zero-order valence-electron chi connectivity index (χ0n) is 10.6. The Morgan fingerprint density at radius 2 is 2.20 bits per heavy atom. The summed E-state index contributed by atoms with van der Waals surface area (Å²) in [5.41, 5.74) is 6.79. The van der Waals surface area contributed by atoms with E-state index in [9.17, 15) is 4.79 Å². The van der Waals surface area contributed by atoms with Crippen LogP contribution in [0.1, 0.15) is 11.9 Å². The molecule has 0 saturated heterocycles. The maximum Gasteiger partial charge on any atom is 0.328 e. The van der Waals surface area contributed by atoms with E-state index < -0.39 is 12.0 Å². The topological polar surface area (TPSA) is 98.3 Å². The molecule has 6 nitrogen and oxygen atoms in total. The van der Waals surface area contributed by atoms with Crippen LogP contribution < -0.4 is 10.5 Å². The first-order chi connectivity index (χ1) is 9.52. The molecule has 1 unspecified atom stereocenters. The first kappa shape index (κ1) is 14.4. The van der Waals surface area contributed by atoms with Crippen LogP contribution in [0.15, 0.2) is 34.9 Å². The molecule has 2 aromatic rings. The van der Waals surface area contributed by atoms with Gasteiger partial charge in [0.25, 0.3) is 0 Å². The van der Waals surface area contributed by atoms with Crippen molar-refractivity contribution in [2.45, 2.75) is 6.04 Å². The molecule has 3 N–H and O–H groups in total. The number of benzene rings is 1. The van der Waals surface area contributed by atoms with Gasteiger partial charge in [-0.2, -0.15) is 0 Å². The molecule has 0 radical (unpaired) electrons. The number of aliphatic carboxylic acids is 1. The summed E-state index contributed by atoms with van der Waals surface area (Å²) in [6.45, 7) is 0. The van der Waals surface area contributed by atoms with Gasteiger partial charge in [-0.1, -0.05) is 15.9 Å². The molecule has 0 amide bonds. The van der Waals surface area contributed by atoms with Crippen molar-refractivity contribution in [1.82, 2.24) is 9.97 Å². The summed E-state index contributed by atoms with van der Waals surface area (Å²) in [6.07, 6.45) is 1.47. The summed E-state index contributed by atoms with van der Waals surface area (Å²) < 4.78 is 6.13. The minimum Gasteiger partial charge on any atom is -0.496 e. The first-order valence-electron chi connectivity index (χ1n) is 5.68. The van der Waals surface area contributed by atoms with Gasteiger partial charge in [-0.3, -0.25) is 4.79 Å². The van der Waals surface area contributed by atoms with Crippen molar-refractivity contribution in [3.8, 4) is 17.0 Å². The summed E-state index contributed by atoms with van der Waals surface area (Å²) >= 11 is 3.38. The van der Waals surface area contributed by atoms with E-state index in [-0.39, 0.29) is 5.82 Å². The quantitative estimate of drug-likeness (QED) is 0.885. The van der Waals surface area contributed by atoms with Gasteiger partial charge >= 0.3 is 5.97 Å². The highest BCUT2D eigenvalue weighted by atomic mass is 79.9. The summed E-state index contributed by atoms with van der Waals surface area (Å²) in [5, 5.41) is 8.90. The van der Waals surface area contributed by atoms with Gasteiger partial charge in [0.2, 0.25) is 0 Å². The molecule has 20 heavy (non-hydrogen) atoms. The van der Waals surface area contributed by atoms with Gasteiger partial charge in [-0.25, -0.2) is 9.97 Å². The fourth-order valence-electron chi connectivity index (χ4n) is 1.66. The largest absolute Gasteiger partial charge is 0.496 e. The Kier molecular flexibility index (Phi) is 4.31. The summed E-state index contributed by atoms with van der Waals surface area (Å²) in [5.74, 6) is -0.498. The molecule has 1 aromatic heterocycles. The molecule has 0 saturated carbocycles. The van der Waals surface area contributed by atoms with Crippen molar-refractivity contribution in [2.75, 3.05) is 7.11 Å². The normalized spacial score (nSPS) is 11.9. The number of halogens is 1. The lowest BCUT2D eigenvalue weighted by Crippen LogP contribution is -2.23. The molecule has 0 bridgehead atoms. The lowest BCUT2D eigenvalue weighted by atomic mass is 10.1. The van der Waals surface area contributed by atoms with Crippen LogP contribution in [0.4, 0.5) is 0 Å². The van der Waals surface area contributed by atoms with E-state index in [0.717, 1.165) is 10.0 Å². The molecule has 0 aliphatic carbocycles. The van der Waals surface area contributed by atoms with Crippen molar-refractivity contribution in [3.05, 3.63) is 40.8 Å². The van der Waals surface area contributed by atoms with Crippen LogP contribution in [0.3, 0.4) is 0 Å². The number of aromatic nitrogens is 2. The molecule has 104 valence electrons. The van der Waals surface area contributed by atoms with E-state index in [0.29, 0.717) is 11.4 Å². The molecule has 0 aliphatic rings. The van der Waals surface area contributed by atoms with E-state index in [1.165, 1.54) is 6.20 Å². The molecule has 0 fully saturated rings. The Hall–Kier alpha value is -1.99. The highest BCUT2D eigenvalue weighted by Crippen LogP contribution is 2.31. The van der Waals surface area contributed by atoms with Gasteiger partial charge in [0.05, 0.1) is 12.8 Å². The summed E-state index contributed by atoms with van der Waals surface area (Å²) in [7, 11) is 1.55. The first-order valence-corrected chi connectivity index (χ1v) is 6.47. The fourth-order valence-corrected chi connectivity index (χ4v) is 2.03. The lowest BCUT2D eigenvalue weighted by Gasteiger charge is -2.10. The molecule has 1 heterocycles. The number of carboxylic acid groups (broad SMARTS) is 1. The Morgan fingerprint density at radius 3 is 2.85 bits per heavy atom. The number of hydrogen-bond donors (Lipinski definition) is 2. The minimum atomic E-state index is -1.26. The van der Waals surface area contributed by atoms with Crippen LogP contribution in [0.5, 0.6) is 5.75 Å². The second kappa shape index (κ2) is 5.98. The molecular formula is C13H12BrN3O3. The average Bonchev–Trinajstić information content (AvgIpc) is 2.46. The third-order valence-electron chi connectivity index (χ3n) is 2.66. The molecule has 1 aromatic carbocycles. The van der Waals surface area contributed by atoms with Gasteiger partial charge in [0.15, 0.2) is 11.9 Å². The van der Waals surface area contributed by atoms with Crippen LogP contribution in [0.25, 0.3) is 11.3 Å². The second-order valence-electron chi connectivity index (χ2n) is 3.96. The number of hydrogen-bond acceptors (Lipinski definition) is 5. The maximum atomic E-state index is 10.9. The highest BCUT2D eigenvalue weighted by Gasteiger charge is 2.18. The smallest absolute Gasteiger partial charge is 0.328 e. The van der Waals surface area contributed by atoms with Crippen molar-refractivity contribution in [1.29, 1.82) is 0 Å². The van der Waals surface area contributed by atoms with Crippen LogP contribution >= 0.6 is 15.9 Å². The Labute approximate surface area is 123 Å². The lowest BCUT2D eigenvalue weighted by molar-refractivity contribution is -0.138. The van der Waals surface area contributed by atoms with Crippen molar-refractivity contribution < 1.29 is 14.6 Å². The standard InChI is InChI=1S/C13H12BrN3O3/c1-20-10-3-2-7(14)6-8(10)9-4-5-16-12(17-9)11(15)13(18)19/h2-6,11H,15H2,1H3,(H,18,19). The number of nitrogens with zero attached hydrogens (tertiary/aromatic N) is 2. The molecule has 0 spiro atoms. The molecule has 0 aliphatic heterocycles. The number of rotatable bonds is 4. The predicted octanol–water partition coefficient (Wildman–Crippen LogP) is 2.00. The molecule has 2 rings (SSSR count). The van der Waals surface area contributed by atoms with Crippen LogP contribution in [-0.2, 0) is 4.79 Å².